The van der Waals surface area contributed by atoms with E-state index in [1.807, 2.05) is 19.1 Å². The first-order valence-corrected chi connectivity index (χ1v) is 8.15. The van der Waals surface area contributed by atoms with Gasteiger partial charge in [-0.15, -0.1) is 16.7 Å². The van der Waals surface area contributed by atoms with E-state index in [-0.39, 0.29) is 16.7 Å². The van der Waals surface area contributed by atoms with Gasteiger partial charge in [0.2, 0.25) is 0 Å². The first kappa shape index (κ1) is 14.2. The lowest BCUT2D eigenvalue weighted by atomic mass is 10.1. The fourth-order valence-electron chi connectivity index (χ4n) is 1.94. The SMILES string of the molecule is Cc1nnc(S(=O)(=O)CC(C)CCl)c2ccccc12. The molecule has 1 heterocycles. The maximum Gasteiger partial charge on any atom is 0.198 e. The van der Waals surface area contributed by atoms with Crippen LogP contribution >= 0.6 is 11.6 Å². The van der Waals surface area contributed by atoms with Crippen LogP contribution < -0.4 is 0 Å². The van der Waals surface area contributed by atoms with Crippen molar-refractivity contribution in [2.45, 2.75) is 18.9 Å². The smallest absolute Gasteiger partial charge is 0.198 e. The molecule has 6 heteroatoms. The average Bonchev–Trinajstić information content (AvgIpc) is 2.38. The van der Waals surface area contributed by atoms with Crippen LogP contribution in [0.25, 0.3) is 10.8 Å². The monoisotopic (exact) mass is 298 g/mol. The molecule has 0 aliphatic heterocycles. The summed E-state index contributed by atoms with van der Waals surface area (Å²) < 4.78 is 24.7. The standard InChI is InChI=1S/C13H15ClN2O2S/c1-9(7-14)8-19(17,18)13-12-6-4-3-5-11(12)10(2)15-16-13/h3-6,9H,7-8H2,1-2H3. The molecule has 1 unspecified atom stereocenters. The molecule has 0 spiro atoms. The number of aromatic nitrogens is 2. The molecule has 0 aliphatic rings. The molecular weight excluding hydrogens is 284 g/mol. The molecule has 1 aromatic heterocycles. The minimum atomic E-state index is -3.47. The molecule has 1 aromatic carbocycles. The van der Waals surface area contributed by atoms with E-state index in [4.69, 9.17) is 11.6 Å². The van der Waals surface area contributed by atoms with Crippen LogP contribution in [0.3, 0.4) is 0 Å². The van der Waals surface area contributed by atoms with Crippen LogP contribution in [0.5, 0.6) is 0 Å². The molecule has 2 rings (SSSR count). The van der Waals surface area contributed by atoms with Gasteiger partial charge in [0.05, 0.1) is 11.4 Å². The largest absolute Gasteiger partial charge is 0.222 e. The normalized spacial score (nSPS) is 13.6. The number of aryl methyl sites for hydroxylation is 1. The van der Waals surface area contributed by atoms with Crippen molar-refractivity contribution < 1.29 is 8.42 Å². The van der Waals surface area contributed by atoms with Crippen LogP contribution in [-0.2, 0) is 9.84 Å². The van der Waals surface area contributed by atoms with Crippen LogP contribution in [0, 0.1) is 12.8 Å². The summed E-state index contributed by atoms with van der Waals surface area (Å²) in [5.41, 5.74) is 0.722. The summed E-state index contributed by atoms with van der Waals surface area (Å²) in [5.74, 6) is 0.169. The Hall–Kier alpha value is -1.20. The fourth-order valence-corrected chi connectivity index (χ4v) is 3.88. The number of sulfone groups is 1. The van der Waals surface area contributed by atoms with Gasteiger partial charge in [-0.25, -0.2) is 8.42 Å². The zero-order valence-corrected chi connectivity index (χ0v) is 12.4. The van der Waals surface area contributed by atoms with Gasteiger partial charge in [0.1, 0.15) is 0 Å². The van der Waals surface area contributed by atoms with Gasteiger partial charge in [-0.3, -0.25) is 0 Å². The van der Waals surface area contributed by atoms with Gasteiger partial charge in [0, 0.05) is 16.7 Å². The second-order valence-corrected chi connectivity index (χ2v) is 6.94. The van der Waals surface area contributed by atoms with Crippen LogP contribution in [0.1, 0.15) is 12.6 Å². The van der Waals surface area contributed by atoms with E-state index in [1.54, 1.807) is 19.1 Å². The third-order valence-electron chi connectivity index (χ3n) is 2.90. The quantitative estimate of drug-likeness (QED) is 0.814. The molecule has 102 valence electrons. The number of benzene rings is 1. The summed E-state index contributed by atoms with van der Waals surface area (Å²) >= 11 is 5.69. The Bertz CT molecular complexity index is 701. The Morgan fingerprint density at radius 3 is 2.47 bits per heavy atom. The second-order valence-electron chi connectivity index (χ2n) is 4.68. The van der Waals surface area contributed by atoms with Gasteiger partial charge in [-0.05, 0) is 12.8 Å². The third kappa shape index (κ3) is 2.87. The fraction of sp³-hybridized carbons (Fsp3) is 0.385. The number of alkyl halides is 1. The highest BCUT2D eigenvalue weighted by molar-refractivity contribution is 7.91. The minimum absolute atomic E-state index is 0.0156. The Balaban J connectivity index is 2.60. The highest BCUT2D eigenvalue weighted by Gasteiger charge is 2.23. The summed E-state index contributed by atoms with van der Waals surface area (Å²) in [7, 11) is -3.47. The lowest BCUT2D eigenvalue weighted by Crippen LogP contribution is -2.17. The number of nitrogens with zero attached hydrogens (tertiary/aromatic N) is 2. The van der Waals surface area contributed by atoms with E-state index >= 15 is 0 Å². The number of hydrogen-bond donors (Lipinski definition) is 0. The summed E-state index contributed by atoms with van der Waals surface area (Å²) in [5, 5.41) is 9.31. The molecular formula is C13H15ClN2O2S. The summed E-state index contributed by atoms with van der Waals surface area (Å²) in [4.78, 5) is 0. The van der Waals surface area contributed by atoms with Crippen molar-refractivity contribution in [2.24, 2.45) is 5.92 Å². The molecule has 19 heavy (non-hydrogen) atoms. The van der Waals surface area contributed by atoms with Crippen LogP contribution in [0.4, 0.5) is 0 Å². The molecule has 0 fully saturated rings. The lowest BCUT2D eigenvalue weighted by molar-refractivity contribution is 0.578. The molecule has 0 amide bonds. The van der Waals surface area contributed by atoms with E-state index in [1.165, 1.54) is 0 Å². The minimum Gasteiger partial charge on any atom is -0.222 e. The summed E-state index contributed by atoms with van der Waals surface area (Å²) in [6.45, 7) is 3.61. The number of hydrogen-bond acceptors (Lipinski definition) is 4. The van der Waals surface area contributed by atoms with Crippen molar-refractivity contribution >= 4 is 32.2 Å². The molecule has 0 N–H and O–H groups in total. The zero-order chi connectivity index (χ0) is 14.0. The van der Waals surface area contributed by atoms with Gasteiger partial charge in [-0.2, -0.15) is 5.10 Å². The predicted molar refractivity (Wildman–Crippen MR) is 76.2 cm³/mol. The van der Waals surface area contributed by atoms with E-state index in [0.29, 0.717) is 11.3 Å². The number of halogens is 1. The maximum atomic E-state index is 12.4. The van der Waals surface area contributed by atoms with Crippen LogP contribution in [0.2, 0.25) is 0 Å². The zero-order valence-electron chi connectivity index (χ0n) is 10.8. The van der Waals surface area contributed by atoms with Crippen molar-refractivity contribution in [3.63, 3.8) is 0 Å². The molecule has 1 atom stereocenters. The van der Waals surface area contributed by atoms with Gasteiger partial charge < -0.3 is 0 Å². The summed E-state index contributed by atoms with van der Waals surface area (Å²) in [6.07, 6.45) is 0. The first-order chi connectivity index (χ1) is 8.95. The average molecular weight is 299 g/mol. The number of rotatable bonds is 4. The topological polar surface area (TPSA) is 59.9 Å². The predicted octanol–water partition coefficient (Wildman–Crippen LogP) is 2.59. The Morgan fingerprint density at radius 1 is 1.21 bits per heavy atom. The van der Waals surface area contributed by atoms with Gasteiger partial charge in [0.25, 0.3) is 0 Å². The van der Waals surface area contributed by atoms with Gasteiger partial charge in [0.15, 0.2) is 14.9 Å². The van der Waals surface area contributed by atoms with Crippen molar-refractivity contribution in [1.29, 1.82) is 0 Å². The molecule has 0 bridgehead atoms. The van der Waals surface area contributed by atoms with Crippen molar-refractivity contribution in [3.05, 3.63) is 30.0 Å². The summed E-state index contributed by atoms with van der Waals surface area (Å²) in [6, 6.07) is 7.26. The molecule has 0 aliphatic carbocycles. The van der Waals surface area contributed by atoms with E-state index < -0.39 is 9.84 Å². The van der Waals surface area contributed by atoms with Gasteiger partial charge >= 0.3 is 0 Å². The number of fused-ring (bicyclic) bond motifs is 1. The van der Waals surface area contributed by atoms with Gasteiger partial charge in [-0.1, -0.05) is 31.2 Å². The van der Waals surface area contributed by atoms with Crippen LogP contribution in [0.15, 0.2) is 29.3 Å². The van der Waals surface area contributed by atoms with E-state index in [2.05, 4.69) is 10.2 Å². The lowest BCUT2D eigenvalue weighted by Gasteiger charge is -2.10. The Morgan fingerprint density at radius 2 is 1.84 bits per heavy atom. The molecule has 0 saturated carbocycles. The molecule has 2 aromatic rings. The Kier molecular flexibility index (Phi) is 4.06. The van der Waals surface area contributed by atoms with Crippen molar-refractivity contribution in [2.75, 3.05) is 11.6 Å². The van der Waals surface area contributed by atoms with Crippen molar-refractivity contribution in [3.8, 4) is 0 Å². The maximum absolute atomic E-state index is 12.4. The molecule has 0 saturated heterocycles. The van der Waals surface area contributed by atoms with Crippen molar-refractivity contribution in [1.82, 2.24) is 10.2 Å². The van der Waals surface area contributed by atoms with E-state index in [9.17, 15) is 8.42 Å². The Labute approximate surface area is 117 Å². The highest BCUT2D eigenvalue weighted by Crippen LogP contribution is 2.24. The molecule has 4 nitrogen and oxygen atoms in total. The highest BCUT2D eigenvalue weighted by atomic mass is 35.5. The first-order valence-electron chi connectivity index (χ1n) is 5.96. The van der Waals surface area contributed by atoms with Crippen LogP contribution in [-0.4, -0.2) is 30.2 Å². The third-order valence-corrected chi connectivity index (χ3v) is 5.33. The van der Waals surface area contributed by atoms with E-state index in [0.717, 1.165) is 11.1 Å². The molecule has 0 radical (unpaired) electrons. The second kappa shape index (κ2) is 5.43.